The van der Waals surface area contributed by atoms with Crippen LogP contribution in [-0.4, -0.2) is 11.9 Å². The summed E-state index contributed by atoms with van der Waals surface area (Å²) in [4.78, 5) is 11.8. The van der Waals surface area contributed by atoms with Crippen molar-refractivity contribution in [3.05, 3.63) is 34.6 Å². The zero-order valence-electron chi connectivity index (χ0n) is 9.55. The van der Waals surface area contributed by atoms with Gasteiger partial charge in [0.1, 0.15) is 5.82 Å². The first kappa shape index (κ1) is 13.0. The molecule has 16 heavy (non-hydrogen) atoms. The Kier molecular flexibility index (Phi) is 4.30. The molecule has 88 valence electrons. The van der Waals surface area contributed by atoms with E-state index in [1.165, 1.54) is 18.2 Å². The van der Waals surface area contributed by atoms with E-state index in [4.69, 9.17) is 11.6 Å². The van der Waals surface area contributed by atoms with E-state index in [9.17, 15) is 9.18 Å². The molecule has 0 aliphatic rings. The summed E-state index contributed by atoms with van der Waals surface area (Å²) >= 11 is 5.79. The molecule has 1 unspecified atom stereocenters. The molecule has 1 atom stereocenters. The summed E-state index contributed by atoms with van der Waals surface area (Å²) in [6.07, 6.45) is 0. The number of hydrogen-bond acceptors (Lipinski definition) is 1. The Bertz CT molecular complexity index is 372. The maximum absolute atomic E-state index is 13.4. The lowest BCUT2D eigenvalue weighted by atomic mass is 10.1. The lowest BCUT2D eigenvalue weighted by Crippen LogP contribution is -2.36. The van der Waals surface area contributed by atoms with Crippen molar-refractivity contribution in [1.82, 2.24) is 5.32 Å². The van der Waals surface area contributed by atoms with E-state index in [0.717, 1.165) is 0 Å². The fourth-order valence-electron chi connectivity index (χ4n) is 1.16. The maximum Gasteiger partial charge on any atom is 0.255 e. The van der Waals surface area contributed by atoms with Crippen molar-refractivity contribution in [3.63, 3.8) is 0 Å². The summed E-state index contributed by atoms with van der Waals surface area (Å²) in [6.45, 7) is 5.83. The monoisotopic (exact) mass is 243 g/mol. The quantitative estimate of drug-likeness (QED) is 0.868. The molecule has 0 aliphatic heterocycles. The molecule has 1 rings (SSSR count). The Hall–Kier alpha value is -1.09. The lowest BCUT2D eigenvalue weighted by Gasteiger charge is -2.18. The first-order valence-electron chi connectivity index (χ1n) is 5.18. The van der Waals surface area contributed by atoms with Gasteiger partial charge in [-0.1, -0.05) is 31.5 Å². The normalized spacial score (nSPS) is 12.6. The van der Waals surface area contributed by atoms with Gasteiger partial charge in [-0.15, -0.1) is 0 Å². The Labute approximate surface area is 99.8 Å². The van der Waals surface area contributed by atoms with Gasteiger partial charge in [0.25, 0.3) is 5.91 Å². The molecule has 0 aromatic heterocycles. The zero-order valence-corrected chi connectivity index (χ0v) is 10.3. The average molecular weight is 244 g/mol. The first-order chi connectivity index (χ1) is 7.43. The molecule has 1 N–H and O–H groups in total. The largest absolute Gasteiger partial charge is 0.349 e. The van der Waals surface area contributed by atoms with Gasteiger partial charge >= 0.3 is 0 Å². The van der Waals surface area contributed by atoms with E-state index in [0.29, 0.717) is 0 Å². The first-order valence-corrected chi connectivity index (χ1v) is 5.56. The molecule has 0 heterocycles. The Morgan fingerprint density at radius 1 is 1.38 bits per heavy atom. The van der Waals surface area contributed by atoms with E-state index >= 15 is 0 Å². The summed E-state index contributed by atoms with van der Waals surface area (Å²) in [5, 5.41) is 2.85. The summed E-state index contributed by atoms with van der Waals surface area (Å²) in [6, 6.07) is 4.17. The lowest BCUT2D eigenvalue weighted by molar-refractivity contribution is 0.0926. The number of carbonyl (C=O) groups excluding carboxylic acids is 1. The van der Waals surface area contributed by atoms with E-state index in [1.54, 1.807) is 0 Å². The third kappa shape index (κ3) is 2.95. The molecule has 1 amide bonds. The zero-order chi connectivity index (χ0) is 12.3. The predicted octanol–water partition coefficient (Wildman–Crippen LogP) is 3.25. The third-order valence-corrected chi connectivity index (χ3v) is 2.86. The van der Waals surface area contributed by atoms with Crippen molar-refractivity contribution in [1.29, 1.82) is 0 Å². The topological polar surface area (TPSA) is 29.1 Å². The third-order valence-electron chi connectivity index (χ3n) is 2.55. The smallest absolute Gasteiger partial charge is 0.255 e. The molecule has 0 saturated heterocycles. The van der Waals surface area contributed by atoms with Crippen LogP contribution in [0.25, 0.3) is 0 Å². The van der Waals surface area contributed by atoms with Gasteiger partial charge in [-0.05, 0) is 25.0 Å². The maximum atomic E-state index is 13.4. The van der Waals surface area contributed by atoms with E-state index in [1.807, 2.05) is 20.8 Å². The van der Waals surface area contributed by atoms with Gasteiger partial charge in [-0.25, -0.2) is 4.39 Å². The molecule has 0 fully saturated rings. The highest BCUT2D eigenvalue weighted by Gasteiger charge is 2.18. The molecule has 4 heteroatoms. The van der Waals surface area contributed by atoms with Crippen molar-refractivity contribution in [2.75, 3.05) is 0 Å². The number of halogens is 2. The van der Waals surface area contributed by atoms with Crippen molar-refractivity contribution in [3.8, 4) is 0 Å². The van der Waals surface area contributed by atoms with E-state index < -0.39 is 11.7 Å². The number of carbonyl (C=O) groups is 1. The average Bonchev–Trinajstić information content (AvgIpc) is 2.16. The molecular weight excluding hydrogens is 229 g/mol. The molecule has 0 bridgehead atoms. The van der Waals surface area contributed by atoms with Crippen LogP contribution < -0.4 is 5.32 Å². The van der Waals surface area contributed by atoms with Crippen LogP contribution in [0.5, 0.6) is 0 Å². The minimum atomic E-state index is -0.596. The van der Waals surface area contributed by atoms with Gasteiger partial charge in [-0.2, -0.15) is 0 Å². The summed E-state index contributed by atoms with van der Waals surface area (Å²) in [7, 11) is 0. The number of nitrogens with one attached hydrogen (secondary N) is 1. The van der Waals surface area contributed by atoms with Crippen LogP contribution in [0.4, 0.5) is 4.39 Å². The van der Waals surface area contributed by atoms with Crippen LogP contribution in [0.1, 0.15) is 31.1 Å². The molecule has 1 aromatic carbocycles. The van der Waals surface area contributed by atoms with Crippen molar-refractivity contribution in [2.24, 2.45) is 5.92 Å². The van der Waals surface area contributed by atoms with Gasteiger partial charge < -0.3 is 5.32 Å². The summed E-state index contributed by atoms with van der Waals surface area (Å²) in [5.74, 6) is -0.778. The standard InChI is InChI=1S/C12H15ClFNO/c1-7(2)8(3)15-12(16)11-9(13)5-4-6-10(11)14/h4-8H,1-3H3,(H,15,16). The minimum absolute atomic E-state index is 0.0248. The molecule has 0 radical (unpaired) electrons. The van der Waals surface area contributed by atoms with E-state index in [-0.39, 0.29) is 22.5 Å². The van der Waals surface area contributed by atoms with Crippen LogP contribution >= 0.6 is 11.6 Å². The van der Waals surface area contributed by atoms with Gasteiger partial charge in [0.15, 0.2) is 0 Å². The molecule has 2 nitrogen and oxygen atoms in total. The van der Waals surface area contributed by atoms with Crippen LogP contribution in [-0.2, 0) is 0 Å². The van der Waals surface area contributed by atoms with Crippen molar-refractivity contribution in [2.45, 2.75) is 26.8 Å². The second-order valence-corrected chi connectivity index (χ2v) is 4.51. The van der Waals surface area contributed by atoms with Gasteiger partial charge in [-0.3, -0.25) is 4.79 Å². The summed E-state index contributed by atoms with van der Waals surface area (Å²) in [5.41, 5.74) is -0.0864. The van der Waals surface area contributed by atoms with E-state index in [2.05, 4.69) is 5.32 Å². The number of hydrogen-bond donors (Lipinski definition) is 1. The van der Waals surface area contributed by atoms with Crippen LogP contribution in [0.3, 0.4) is 0 Å². The highest BCUT2D eigenvalue weighted by Crippen LogP contribution is 2.19. The Balaban J connectivity index is 2.89. The van der Waals surface area contributed by atoms with Gasteiger partial charge in [0.2, 0.25) is 0 Å². The molecule has 0 saturated carbocycles. The van der Waals surface area contributed by atoms with Crippen LogP contribution in [0.15, 0.2) is 18.2 Å². The van der Waals surface area contributed by atoms with Gasteiger partial charge in [0, 0.05) is 6.04 Å². The van der Waals surface area contributed by atoms with Crippen molar-refractivity contribution >= 4 is 17.5 Å². The Morgan fingerprint density at radius 3 is 2.50 bits per heavy atom. The fraction of sp³-hybridized carbons (Fsp3) is 0.417. The predicted molar refractivity (Wildman–Crippen MR) is 63.2 cm³/mol. The number of benzene rings is 1. The highest BCUT2D eigenvalue weighted by atomic mass is 35.5. The number of rotatable bonds is 3. The summed E-state index contributed by atoms with van der Waals surface area (Å²) < 4.78 is 13.4. The molecular formula is C12H15ClFNO. The second kappa shape index (κ2) is 5.30. The van der Waals surface area contributed by atoms with Crippen molar-refractivity contribution < 1.29 is 9.18 Å². The number of amides is 1. The second-order valence-electron chi connectivity index (χ2n) is 4.10. The van der Waals surface area contributed by atoms with Gasteiger partial charge in [0.05, 0.1) is 10.6 Å². The minimum Gasteiger partial charge on any atom is -0.349 e. The Morgan fingerprint density at radius 2 is 2.00 bits per heavy atom. The highest BCUT2D eigenvalue weighted by molar-refractivity contribution is 6.33. The SMILES string of the molecule is CC(C)C(C)NC(=O)c1c(F)cccc1Cl. The molecule has 0 spiro atoms. The van der Waals surface area contributed by atoms with Crippen LogP contribution in [0, 0.1) is 11.7 Å². The fourth-order valence-corrected chi connectivity index (χ4v) is 1.41. The molecule has 1 aromatic rings. The molecule has 0 aliphatic carbocycles. The van der Waals surface area contributed by atoms with Crippen LogP contribution in [0.2, 0.25) is 5.02 Å².